The number of nitrogens with one attached hydrogen (secondary N) is 2. The van der Waals surface area contributed by atoms with Crippen LogP contribution >= 0.6 is 0 Å². The fraction of sp³-hybridized carbons (Fsp3) is 0.455. The second-order valence-electron chi connectivity index (χ2n) is 8.28. The number of aromatic hydroxyl groups is 1. The van der Waals surface area contributed by atoms with Crippen LogP contribution in [0.25, 0.3) is 22.3 Å². The Morgan fingerprint density at radius 3 is 2.75 bits per heavy atom. The molecule has 6 heteroatoms. The predicted octanol–water partition coefficient (Wildman–Crippen LogP) is 3.36. The zero-order chi connectivity index (χ0) is 19.1. The first kappa shape index (κ1) is 17.6. The summed E-state index contributed by atoms with van der Waals surface area (Å²) in [6.07, 6.45) is 5.22. The molecule has 0 radical (unpaired) electrons. The Hall–Kier alpha value is -2.44. The SMILES string of the molecule is Cc1n[nH]c2nc(-c3ccc(O)cc3)cc(CN3CCNCC34CCCC4)c12. The highest BCUT2D eigenvalue weighted by Gasteiger charge is 2.41. The molecule has 2 aliphatic rings. The Labute approximate surface area is 165 Å². The molecule has 3 heterocycles. The minimum atomic E-state index is 0.270. The van der Waals surface area contributed by atoms with E-state index in [1.165, 1.54) is 31.2 Å². The third-order valence-electron chi connectivity index (χ3n) is 6.53. The van der Waals surface area contributed by atoms with Gasteiger partial charge in [0.1, 0.15) is 5.75 Å². The molecule has 0 unspecified atom stereocenters. The first-order valence-electron chi connectivity index (χ1n) is 10.2. The molecule has 1 aliphatic heterocycles. The van der Waals surface area contributed by atoms with Crippen molar-refractivity contribution in [1.29, 1.82) is 0 Å². The summed E-state index contributed by atoms with van der Waals surface area (Å²) in [4.78, 5) is 7.50. The highest BCUT2D eigenvalue weighted by atomic mass is 16.3. The van der Waals surface area contributed by atoms with Crippen LogP contribution in [0.4, 0.5) is 0 Å². The van der Waals surface area contributed by atoms with E-state index in [0.29, 0.717) is 5.54 Å². The molecular formula is C22H27N5O. The summed E-state index contributed by atoms with van der Waals surface area (Å²) in [5.41, 5.74) is 5.35. The number of pyridine rings is 1. The first-order chi connectivity index (χ1) is 13.6. The molecule has 0 bridgehead atoms. The van der Waals surface area contributed by atoms with Crippen molar-refractivity contribution in [3.05, 3.63) is 41.6 Å². The molecule has 6 nitrogen and oxygen atoms in total. The molecule has 2 fully saturated rings. The zero-order valence-electron chi connectivity index (χ0n) is 16.3. The van der Waals surface area contributed by atoms with Gasteiger partial charge in [-0.2, -0.15) is 5.10 Å². The zero-order valence-corrected chi connectivity index (χ0v) is 16.3. The van der Waals surface area contributed by atoms with Crippen molar-refractivity contribution in [2.24, 2.45) is 0 Å². The van der Waals surface area contributed by atoms with E-state index in [9.17, 15) is 5.11 Å². The Kier molecular flexibility index (Phi) is 4.33. The lowest BCUT2D eigenvalue weighted by molar-refractivity contribution is 0.0576. The van der Waals surface area contributed by atoms with Gasteiger partial charge in [-0.15, -0.1) is 0 Å². The van der Waals surface area contributed by atoms with Crippen LogP contribution in [0.3, 0.4) is 0 Å². The van der Waals surface area contributed by atoms with Crippen molar-refractivity contribution in [3.8, 4) is 17.0 Å². The van der Waals surface area contributed by atoms with Crippen LogP contribution in [0.1, 0.15) is 36.9 Å². The van der Waals surface area contributed by atoms with Gasteiger partial charge in [0.25, 0.3) is 0 Å². The van der Waals surface area contributed by atoms with Crippen molar-refractivity contribution >= 4 is 11.0 Å². The van der Waals surface area contributed by atoms with Gasteiger partial charge in [0.2, 0.25) is 0 Å². The topological polar surface area (TPSA) is 77.1 Å². The van der Waals surface area contributed by atoms with Gasteiger partial charge in [0.15, 0.2) is 5.65 Å². The van der Waals surface area contributed by atoms with Crippen molar-refractivity contribution in [1.82, 2.24) is 25.4 Å². The Bertz CT molecular complexity index is 988. The van der Waals surface area contributed by atoms with Gasteiger partial charge in [-0.3, -0.25) is 10.00 Å². The van der Waals surface area contributed by atoms with Gasteiger partial charge in [-0.25, -0.2) is 4.98 Å². The summed E-state index contributed by atoms with van der Waals surface area (Å²) in [6.45, 7) is 6.19. The van der Waals surface area contributed by atoms with Crippen LogP contribution in [0.2, 0.25) is 0 Å². The molecule has 1 aliphatic carbocycles. The second-order valence-corrected chi connectivity index (χ2v) is 8.28. The summed E-state index contributed by atoms with van der Waals surface area (Å²) >= 11 is 0. The smallest absolute Gasteiger partial charge is 0.156 e. The Morgan fingerprint density at radius 2 is 1.96 bits per heavy atom. The molecule has 3 N–H and O–H groups in total. The third-order valence-corrected chi connectivity index (χ3v) is 6.53. The highest BCUT2D eigenvalue weighted by molar-refractivity contribution is 5.84. The number of rotatable bonds is 3. The predicted molar refractivity (Wildman–Crippen MR) is 110 cm³/mol. The molecule has 1 spiro atoms. The molecule has 1 saturated carbocycles. The largest absolute Gasteiger partial charge is 0.508 e. The quantitative estimate of drug-likeness (QED) is 0.652. The molecule has 1 saturated heterocycles. The standard InChI is InChI=1S/C22H27N5O/c1-15-20-17(13-27-11-10-23-14-22(27)8-2-3-9-22)12-19(24-21(20)26-25-15)16-4-6-18(28)7-5-16/h4-7,12,23,28H,2-3,8-11,13-14H2,1H3,(H,24,25,26). The molecule has 3 aromatic rings. The lowest BCUT2D eigenvalue weighted by Gasteiger charge is -2.45. The van der Waals surface area contributed by atoms with Gasteiger partial charge >= 0.3 is 0 Å². The highest BCUT2D eigenvalue weighted by Crippen LogP contribution is 2.38. The van der Waals surface area contributed by atoms with E-state index < -0.39 is 0 Å². The maximum absolute atomic E-state index is 9.62. The molecule has 0 atom stereocenters. The minimum Gasteiger partial charge on any atom is -0.508 e. The molecule has 0 amide bonds. The van der Waals surface area contributed by atoms with Gasteiger partial charge in [-0.1, -0.05) is 12.8 Å². The van der Waals surface area contributed by atoms with E-state index in [1.807, 2.05) is 19.1 Å². The van der Waals surface area contributed by atoms with E-state index in [0.717, 1.165) is 54.2 Å². The second kappa shape index (κ2) is 6.87. The maximum Gasteiger partial charge on any atom is 0.156 e. The van der Waals surface area contributed by atoms with Crippen molar-refractivity contribution in [3.63, 3.8) is 0 Å². The molecule has 5 rings (SSSR count). The summed E-state index contributed by atoms with van der Waals surface area (Å²) in [6, 6.07) is 9.47. The van der Waals surface area contributed by atoms with E-state index in [1.54, 1.807) is 12.1 Å². The van der Waals surface area contributed by atoms with Crippen LogP contribution < -0.4 is 5.32 Å². The number of phenolic OH excluding ortho intramolecular Hbond substituents is 1. The van der Waals surface area contributed by atoms with Gasteiger partial charge in [0.05, 0.1) is 11.4 Å². The number of aromatic nitrogens is 3. The van der Waals surface area contributed by atoms with Crippen molar-refractivity contribution < 1.29 is 5.11 Å². The normalized spacial score (nSPS) is 19.6. The Balaban J connectivity index is 1.57. The average Bonchev–Trinajstić information content (AvgIpc) is 3.32. The van der Waals surface area contributed by atoms with Gasteiger partial charge in [0, 0.05) is 42.7 Å². The number of fused-ring (bicyclic) bond motifs is 1. The van der Waals surface area contributed by atoms with E-state index in [-0.39, 0.29) is 5.75 Å². The van der Waals surface area contributed by atoms with Gasteiger partial charge in [-0.05, 0) is 55.7 Å². The van der Waals surface area contributed by atoms with Crippen molar-refractivity contribution in [2.75, 3.05) is 19.6 Å². The minimum absolute atomic E-state index is 0.270. The number of nitrogens with zero attached hydrogens (tertiary/aromatic N) is 3. The maximum atomic E-state index is 9.62. The number of phenols is 1. The number of hydrogen-bond acceptors (Lipinski definition) is 5. The van der Waals surface area contributed by atoms with E-state index in [2.05, 4.69) is 26.5 Å². The average molecular weight is 377 g/mol. The monoisotopic (exact) mass is 377 g/mol. The molecule has 28 heavy (non-hydrogen) atoms. The van der Waals surface area contributed by atoms with Crippen LogP contribution in [-0.4, -0.2) is 50.4 Å². The third kappa shape index (κ3) is 2.97. The summed E-state index contributed by atoms with van der Waals surface area (Å²) in [5.74, 6) is 0.270. The number of piperazine rings is 1. The summed E-state index contributed by atoms with van der Waals surface area (Å²) in [7, 11) is 0. The Morgan fingerprint density at radius 1 is 1.18 bits per heavy atom. The number of hydrogen-bond donors (Lipinski definition) is 3. The number of benzene rings is 1. The lowest BCUT2D eigenvalue weighted by atomic mass is 9.91. The van der Waals surface area contributed by atoms with Crippen LogP contribution in [0, 0.1) is 6.92 Å². The van der Waals surface area contributed by atoms with Crippen LogP contribution in [0.5, 0.6) is 5.75 Å². The molecule has 146 valence electrons. The van der Waals surface area contributed by atoms with E-state index >= 15 is 0 Å². The fourth-order valence-electron chi connectivity index (χ4n) is 5.04. The number of H-pyrrole nitrogens is 1. The molecule has 2 aromatic heterocycles. The first-order valence-corrected chi connectivity index (χ1v) is 10.2. The van der Waals surface area contributed by atoms with E-state index in [4.69, 9.17) is 4.98 Å². The fourth-order valence-corrected chi connectivity index (χ4v) is 5.04. The molecule has 1 aromatic carbocycles. The van der Waals surface area contributed by atoms with Crippen LogP contribution in [-0.2, 0) is 6.54 Å². The summed E-state index contributed by atoms with van der Waals surface area (Å²) < 4.78 is 0. The number of aryl methyl sites for hydroxylation is 1. The van der Waals surface area contributed by atoms with Crippen LogP contribution in [0.15, 0.2) is 30.3 Å². The summed E-state index contributed by atoms with van der Waals surface area (Å²) in [5, 5.41) is 21.9. The van der Waals surface area contributed by atoms with Gasteiger partial charge < -0.3 is 10.4 Å². The lowest BCUT2D eigenvalue weighted by Crippen LogP contribution is -2.59. The van der Waals surface area contributed by atoms with Crippen molar-refractivity contribution in [2.45, 2.75) is 44.7 Å². The molecular weight excluding hydrogens is 350 g/mol. The number of aromatic amines is 1.